The second-order valence-corrected chi connectivity index (χ2v) is 11.2. The molecule has 1 unspecified atom stereocenters. The van der Waals surface area contributed by atoms with Crippen LogP contribution in [0.2, 0.25) is 0 Å². The first-order valence-electron chi connectivity index (χ1n) is 13.9. The van der Waals surface area contributed by atoms with Crippen LogP contribution in [0.4, 0.5) is 5.95 Å². The molecule has 2 N–H and O–H groups in total. The van der Waals surface area contributed by atoms with Crippen molar-refractivity contribution in [3.05, 3.63) is 68.4 Å². The first-order chi connectivity index (χ1) is 19.1. The summed E-state index contributed by atoms with van der Waals surface area (Å²) in [5.41, 5.74) is 6.44. The highest BCUT2D eigenvalue weighted by Crippen LogP contribution is 2.29. The Bertz CT molecular complexity index is 1590. The fraction of sp³-hybridized carbons (Fsp3) is 0.483. The van der Waals surface area contributed by atoms with Crippen LogP contribution in [0.5, 0.6) is 0 Å². The van der Waals surface area contributed by atoms with Crippen LogP contribution in [0.25, 0.3) is 11.2 Å². The molecule has 1 amide bonds. The Morgan fingerprint density at radius 3 is 2.40 bits per heavy atom. The summed E-state index contributed by atoms with van der Waals surface area (Å²) >= 11 is 0. The average molecular weight is 548 g/mol. The van der Waals surface area contributed by atoms with Crippen molar-refractivity contribution in [3.8, 4) is 0 Å². The van der Waals surface area contributed by atoms with Gasteiger partial charge in [-0.3, -0.25) is 23.5 Å². The van der Waals surface area contributed by atoms with Gasteiger partial charge in [-0.2, -0.15) is 4.98 Å². The summed E-state index contributed by atoms with van der Waals surface area (Å²) in [7, 11) is 1.55. The molecule has 1 aromatic carbocycles. The summed E-state index contributed by atoms with van der Waals surface area (Å²) < 4.78 is 4.06. The van der Waals surface area contributed by atoms with Crippen LogP contribution >= 0.6 is 0 Å². The number of allylic oxidation sites excluding steroid dienone is 2. The van der Waals surface area contributed by atoms with E-state index in [4.69, 9.17) is 10.7 Å². The lowest BCUT2D eigenvalue weighted by Gasteiger charge is -2.41. The maximum atomic E-state index is 13.9. The lowest BCUT2D eigenvalue weighted by Crippen LogP contribution is -2.63. The molecule has 11 heteroatoms. The molecule has 0 radical (unpaired) electrons. The van der Waals surface area contributed by atoms with E-state index in [9.17, 15) is 19.2 Å². The van der Waals surface area contributed by atoms with E-state index in [1.165, 1.54) is 4.57 Å². The molecule has 11 nitrogen and oxygen atoms in total. The van der Waals surface area contributed by atoms with Gasteiger partial charge in [0.25, 0.3) is 5.56 Å². The van der Waals surface area contributed by atoms with Crippen LogP contribution in [-0.2, 0) is 24.9 Å². The van der Waals surface area contributed by atoms with Gasteiger partial charge >= 0.3 is 5.69 Å². The van der Waals surface area contributed by atoms with Gasteiger partial charge in [-0.05, 0) is 39.5 Å². The summed E-state index contributed by atoms with van der Waals surface area (Å²) in [4.78, 5) is 62.1. The maximum absolute atomic E-state index is 13.9. The number of hydrogen-bond acceptors (Lipinski definition) is 7. The zero-order valence-electron chi connectivity index (χ0n) is 23.4. The minimum atomic E-state index is -1.06. The Hall–Kier alpha value is -3.99. The number of imidazole rings is 1. The van der Waals surface area contributed by atoms with Crippen LogP contribution in [0, 0.1) is 0 Å². The molecular weight excluding hydrogens is 510 g/mol. The number of benzene rings is 1. The molecule has 2 fully saturated rings. The molecular formula is C29H37N7O4. The topological polar surface area (TPSA) is 128 Å². The van der Waals surface area contributed by atoms with E-state index >= 15 is 0 Å². The minimum Gasteiger partial charge on any atom is -0.341 e. The largest absolute Gasteiger partial charge is 0.341 e. The van der Waals surface area contributed by atoms with Gasteiger partial charge in [0.2, 0.25) is 11.9 Å². The molecule has 0 bridgehead atoms. The summed E-state index contributed by atoms with van der Waals surface area (Å²) in [5, 5.41) is 0. The Kier molecular flexibility index (Phi) is 7.50. The number of carbonyl (C=O) groups is 2. The van der Waals surface area contributed by atoms with Gasteiger partial charge in [-0.1, -0.05) is 42.0 Å². The number of likely N-dealkylation sites (tertiary alicyclic amines) is 1. The van der Waals surface area contributed by atoms with Gasteiger partial charge < -0.3 is 20.1 Å². The maximum Gasteiger partial charge on any atom is 0.332 e. The van der Waals surface area contributed by atoms with Crippen molar-refractivity contribution in [2.75, 3.05) is 31.1 Å². The minimum absolute atomic E-state index is 0.0455. The second-order valence-electron chi connectivity index (χ2n) is 11.2. The summed E-state index contributed by atoms with van der Waals surface area (Å²) in [6.07, 6.45) is 5.20. The van der Waals surface area contributed by atoms with Crippen LogP contribution < -0.4 is 21.9 Å². The number of nitrogens with zero attached hydrogens (tertiary/aromatic N) is 6. The van der Waals surface area contributed by atoms with Gasteiger partial charge in [-0.25, -0.2) is 4.79 Å². The molecule has 1 atom stereocenters. The Balaban J connectivity index is 1.60. The SMILES string of the molecule is CC(C)=CCn1c(N2CCCC(N)(C(=O)N3CCCC3)C2)nc2c1c(=O)n(CC(=O)c1ccccc1)c(=O)n2C. The number of anilines is 1. The molecule has 0 spiro atoms. The van der Waals surface area contributed by atoms with E-state index in [1.54, 1.807) is 41.9 Å². The van der Waals surface area contributed by atoms with Crippen molar-refractivity contribution < 1.29 is 9.59 Å². The highest BCUT2D eigenvalue weighted by molar-refractivity contribution is 5.96. The predicted octanol–water partition coefficient (Wildman–Crippen LogP) is 1.67. The number of amides is 1. The molecule has 212 valence electrons. The second kappa shape index (κ2) is 10.9. The van der Waals surface area contributed by atoms with Crippen LogP contribution in [0.1, 0.15) is 49.9 Å². The van der Waals surface area contributed by atoms with Crippen LogP contribution in [0.3, 0.4) is 0 Å². The number of ketones is 1. The van der Waals surface area contributed by atoms with E-state index in [2.05, 4.69) is 0 Å². The lowest BCUT2D eigenvalue weighted by atomic mass is 9.88. The average Bonchev–Trinajstić information content (AvgIpc) is 3.62. The van der Waals surface area contributed by atoms with Gasteiger partial charge in [0.1, 0.15) is 5.54 Å². The van der Waals surface area contributed by atoms with Crippen LogP contribution in [0.15, 0.2) is 51.6 Å². The van der Waals surface area contributed by atoms with Crippen molar-refractivity contribution >= 4 is 28.8 Å². The standard InChI is InChI=1S/C29H37N7O4/c1-20(2)12-17-35-23-24(32(3)28(40)36(25(23)38)18-22(37)21-10-5-4-6-11-21)31-27(35)34-16-9-13-29(30,19-34)26(39)33-14-7-8-15-33/h4-6,10-12H,7-9,13-19,30H2,1-3H3. The highest BCUT2D eigenvalue weighted by atomic mass is 16.2. The smallest absolute Gasteiger partial charge is 0.332 e. The van der Waals surface area contributed by atoms with Crippen molar-refractivity contribution in [1.29, 1.82) is 0 Å². The first kappa shape index (κ1) is 27.6. The third kappa shape index (κ3) is 5.01. The zero-order chi connectivity index (χ0) is 28.6. The number of nitrogens with two attached hydrogens (primary N) is 1. The number of carbonyl (C=O) groups excluding carboxylic acids is 2. The molecule has 5 rings (SSSR count). The van der Waals surface area contributed by atoms with Gasteiger partial charge in [0, 0.05) is 45.3 Å². The quantitative estimate of drug-likeness (QED) is 0.352. The third-order valence-corrected chi connectivity index (χ3v) is 7.92. The Labute approximate surface area is 232 Å². The van der Waals surface area contributed by atoms with E-state index < -0.39 is 16.8 Å². The summed E-state index contributed by atoms with van der Waals surface area (Å²) in [5.74, 6) is 0.102. The fourth-order valence-corrected chi connectivity index (χ4v) is 5.71. The number of aryl methyl sites for hydroxylation is 1. The number of fused-ring (bicyclic) bond motifs is 1. The van der Waals surface area contributed by atoms with Crippen molar-refractivity contribution in [1.82, 2.24) is 23.6 Å². The van der Waals surface area contributed by atoms with Crippen LogP contribution in [-0.4, -0.2) is 67.0 Å². The van der Waals surface area contributed by atoms with E-state index in [0.717, 1.165) is 36.1 Å². The molecule has 40 heavy (non-hydrogen) atoms. The summed E-state index contributed by atoms with van der Waals surface area (Å²) in [6, 6.07) is 8.59. The number of aromatic nitrogens is 4. The predicted molar refractivity (Wildman–Crippen MR) is 154 cm³/mol. The van der Waals surface area contributed by atoms with Gasteiger partial charge in [0.15, 0.2) is 16.9 Å². The van der Waals surface area contributed by atoms with Crippen molar-refractivity contribution in [2.24, 2.45) is 12.8 Å². The monoisotopic (exact) mass is 547 g/mol. The van der Waals surface area contributed by atoms with Gasteiger partial charge in [0.05, 0.1) is 6.54 Å². The number of hydrogen-bond donors (Lipinski definition) is 1. The number of rotatable bonds is 7. The molecule has 2 aliphatic rings. The fourth-order valence-electron chi connectivity index (χ4n) is 5.71. The third-order valence-electron chi connectivity index (χ3n) is 7.92. The molecule has 4 heterocycles. The molecule has 2 saturated heterocycles. The first-order valence-corrected chi connectivity index (χ1v) is 13.9. The Morgan fingerprint density at radius 2 is 1.73 bits per heavy atom. The number of Topliss-reactive ketones (excluding diaryl/α,β-unsaturated/α-hetero) is 1. The molecule has 2 aliphatic heterocycles. The highest BCUT2D eigenvalue weighted by Gasteiger charge is 2.43. The lowest BCUT2D eigenvalue weighted by molar-refractivity contribution is -0.136. The molecule has 3 aromatic rings. The van der Waals surface area contributed by atoms with E-state index in [1.807, 2.05) is 29.7 Å². The van der Waals surface area contributed by atoms with Crippen molar-refractivity contribution in [2.45, 2.75) is 58.2 Å². The summed E-state index contributed by atoms with van der Waals surface area (Å²) in [6.45, 7) is 6.20. The van der Waals surface area contributed by atoms with E-state index in [0.29, 0.717) is 37.4 Å². The molecule has 0 saturated carbocycles. The molecule has 2 aromatic heterocycles. The van der Waals surface area contributed by atoms with Gasteiger partial charge in [-0.15, -0.1) is 0 Å². The van der Waals surface area contributed by atoms with E-state index in [-0.39, 0.29) is 35.9 Å². The molecule has 0 aliphatic carbocycles. The Morgan fingerprint density at radius 1 is 1.02 bits per heavy atom. The zero-order valence-corrected chi connectivity index (χ0v) is 23.4. The van der Waals surface area contributed by atoms with Crippen molar-refractivity contribution in [3.63, 3.8) is 0 Å². The number of piperidine rings is 1. The normalized spacial score (nSPS) is 19.3.